The predicted octanol–water partition coefficient (Wildman–Crippen LogP) is 1.75. The first-order valence-electron chi connectivity index (χ1n) is 6.39. The molecule has 0 radical (unpaired) electrons. The van der Waals surface area contributed by atoms with Crippen LogP contribution in [0.2, 0.25) is 0 Å². The summed E-state index contributed by atoms with van der Waals surface area (Å²) in [7, 11) is 1.34. The van der Waals surface area contributed by atoms with Crippen molar-refractivity contribution in [1.29, 1.82) is 0 Å². The number of benzene rings is 1. The van der Waals surface area contributed by atoms with E-state index in [0.29, 0.717) is 11.3 Å². The van der Waals surface area contributed by atoms with Crippen molar-refractivity contribution < 1.29 is 9.53 Å². The molecule has 106 valence electrons. The number of anilines is 2. The molecule has 1 aromatic heterocycles. The fourth-order valence-electron chi connectivity index (χ4n) is 1.91. The molecule has 0 bridgehead atoms. The number of nitrogens with one attached hydrogen (secondary N) is 1. The largest absolute Gasteiger partial charge is 0.465 e. The standard InChI is InChI=1S/C14H18N4O2/c1-20-14(19)11-4-2-5-12(13(11)15)17-6-3-8-18-9-7-16-10-18/h2,4-5,7,9-10,17H,3,6,8,15H2,1H3. The van der Waals surface area contributed by atoms with Crippen molar-refractivity contribution in [3.63, 3.8) is 0 Å². The predicted molar refractivity (Wildman–Crippen MR) is 77.5 cm³/mol. The van der Waals surface area contributed by atoms with Crippen LogP contribution in [0.25, 0.3) is 0 Å². The first-order valence-corrected chi connectivity index (χ1v) is 6.39. The highest BCUT2D eigenvalue weighted by Gasteiger charge is 2.12. The van der Waals surface area contributed by atoms with Gasteiger partial charge in [-0.3, -0.25) is 0 Å². The molecule has 0 saturated carbocycles. The number of hydrogen-bond acceptors (Lipinski definition) is 5. The smallest absolute Gasteiger partial charge is 0.340 e. The molecule has 0 spiro atoms. The van der Waals surface area contributed by atoms with E-state index in [2.05, 4.69) is 15.0 Å². The van der Waals surface area contributed by atoms with Crippen LogP contribution in [0.1, 0.15) is 16.8 Å². The number of carbonyl (C=O) groups is 1. The van der Waals surface area contributed by atoms with E-state index in [1.54, 1.807) is 24.7 Å². The molecule has 2 aromatic rings. The molecule has 2 rings (SSSR count). The number of aromatic nitrogens is 2. The summed E-state index contributed by atoms with van der Waals surface area (Å²) in [6.45, 7) is 1.64. The molecule has 0 amide bonds. The Hall–Kier alpha value is -2.50. The van der Waals surface area contributed by atoms with Gasteiger partial charge in [0, 0.05) is 25.5 Å². The van der Waals surface area contributed by atoms with Gasteiger partial charge in [-0.15, -0.1) is 0 Å². The monoisotopic (exact) mass is 274 g/mol. The lowest BCUT2D eigenvalue weighted by atomic mass is 10.1. The fraction of sp³-hybridized carbons (Fsp3) is 0.286. The Kier molecular flexibility index (Phi) is 4.60. The van der Waals surface area contributed by atoms with E-state index in [4.69, 9.17) is 5.73 Å². The van der Waals surface area contributed by atoms with Crippen LogP contribution in [-0.4, -0.2) is 29.2 Å². The van der Waals surface area contributed by atoms with E-state index in [0.717, 1.165) is 25.2 Å². The maximum Gasteiger partial charge on any atom is 0.340 e. The Morgan fingerprint density at radius 3 is 3.05 bits per heavy atom. The molecule has 0 atom stereocenters. The number of nitrogens with zero attached hydrogens (tertiary/aromatic N) is 2. The molecule has 0 aliphatic rings. The molecule has 3 N–H and O–H groups in total. The molecule has 20 heavy (non-hydrogen) atoms. The zero-order chi connectivity index (χ0) is 14.4. The molecule has 0 aliphatic carbocycles. The van der Waals surface area contributed by atoms with Gasteiger partial charge in [-0.1, -0.05) is 6.07 Å². The minimum Gasteiger partial charge on any atom is -0.465 e. The second-order valence-corrected chi connectivity index (χ2v) is 4.34. The molecular weight excluding hydrogens is 256 g/mol. The van der Waals surface area contributed by atoms with Gasteiger partial charge in [-0.2, -0.15) is 0 Å². The highest BCUT2D eigenvalue weighted by molar-refractivity contribution is 5.98. The Labute approximate surface area is 117 Å². The number of carbonyl (C=O) groups excluding carboxylic acids is 1. The van der Waals surface area contributed by atoms with Crippen molar-refractivity contribution in [2.45, 2.75) is 13.0 Å². The summed E-state index contributed by atoms with van der Waals surface area (Å²) in [5, 5.41) is 3.23. The number of esters is 1. The second kappa shape index (κ2) is 6.60. The van der Waals surface area contributed by atoms with Crippen LogP contribution in [0, 0.1) is 0 Å². The minimum absolute atomic E-state index is 0.382. The van der Waals surface area contributed by atoms with Gasteiger partial charge < -0.3 is 20.4 Å². The Morgan fingerprint density at radius 2 is 2.35 bits per heavy atom. The van der Waals surface area contributed by atoms with Crippen molar-refractivity contribution in [2.75, 3.05) is 24.7 Å². The third-order valence-electron chi connectivity index (χ3n) is 2.98. The van der Waals surface area contributed by atoms with Gasteiger partial charge in [0.1, 0.15) is 0 Å². The van der Waals surface area contributed by atoms with Gasteiger partial charge in [0.25, 0.3) is 0 Å². The van der Waals surface area contributed by atoms with Crippen LogP contribution in [-0.2, 0) is 11.3 Å². The van der Waals surface area contributed by atoms with Gasteiger partial charge in [0.15, 0.2) is 0 Å². The van der Waals surface area contributed by atoms with E-state index in [1.165, 1.54) is 7.11 Å². The lowest BCUT2D eigenvalue weighted by molar-refractivity contribution is 0.0602. The van der Waals surface area contributed by atoms with Gasteiger partial charge in [0.05, 0.1) is 30.4 Å². The minimum atomic E-state index is -0.426. The average molecular weight is 274 g/mol. The quantitative estimate of drug-likeness (QED) is 0.476. The summed E-state index contributed by atoms with van der Waals surface area (Å²) in [6, 6.07) is 5.28. The topological polar surface area (TPSA) is 82.2 Å². The van der Waals surface area contributed by atoms with Crippen LogP contribution in [0.3, 0.4) is 0 Å². The van der Waals surface area contributed by atoms with E-state index >= 15 is 0 Å². The van der Waals surface area contributed by atoms with E-state index in [-0.39, 0.29) is 0 Å². The van der Waals surface area contributed by atoms with Crippen molar-refractivity contribution in [2.24, 2.45) is 0 Å². The second-order valence-electron chi connectivity index (χ2n) is 4.34. The third-order valence-corrected chi connectivity index (χ3v) is 2.98. The molecule has 0 unspecified atom stereocenters. The highest BCUT2D eigenvalue weighted by Crippen LogP contribution is 2.23. The molecule has 6 nitrogen and oxygen atoms in total. The number of imidazole rings is 1. The number of methoxy groups -OCH3 is 1. The van der Waals surface area contributed by atoms with Crippen molar-refractivity contribution in [3.05, 3.63) is 42.5 Å². The average Bonchev–Trinajstić information content (AvgIpc) is 2.97. The summed E-state index contributed by atoms with van der Waals surface area (Å²) in [5.74, 6) is -0.426. The van der Waals surface area contributed by atoms with Gasteiger partial charge in [-0.05, 0) is 18.6 Å². The summed E-state index contributed by atoms with van der Waals surface area (Å²) in [5.41, 5.74) is 7.51. The number of rotatable bonds is 6. The first kappa shape index (κ1) is 13.9. The molecule has 0 saturated heterocycles. The molecule has 1 aromatic carbocycles. The highest BCUT2D eigenvalue weighted by atomic mass is 16.5. The number of ether oxygens (including phenoxy) is 1. The molecule has 0 aliphatic heterocycles. The van der Waals surface area contributed by atoms with Crippen LogP contribution < -0.4 is 11.1 Å². The maximum absolute atomic E-state index is 11.5. The molecule has 6 heteroatoms. The molecule has 0 fully saturated rings. The van der Waals surface area contributed by atoms with Crippen LogP contribution >= 0.6 is 0 Å². The van der Waals surface area contributed by atoms with Gasteiger partial charge in [-0.25, -0.2) is 9.78 Å². The lowest BCUT2D eigenvalue weighted by Gasteiger charge is -2.12. The Morgan fingerprint density at radius 1 is 1.50 bits per heavy atom. The van der Waals surface area contributed by atoms with Gasteiger partial charge in [0.2, 0.25) is 0 Å². The van der Waals surface area contributed by atoms with Gasteiger partial charge >= 0.3 is 5.97 Å². The number of para-hydroxylation sites is 1. The van der Waals surface area contributed by atoms with Crippen molar-refractivity contribution >= 4 is 17.3 Å². The third kappa shape index (κ3) is 3.28. The molecule has 1 heterocycles. The Balaban J connectivity index is 1.91. The SMILES string of the molecule is COC(=O)c1cccc(NCCCn2ccnc2)c1N. The van der Waals surface area contributed by atoms with Crippen LogP contribution in [0.5, 0.6) is 0 Å². The zero-order valence-electron chi connectivity index (χ0n) is 11.4. The van der Waals surface area contributed by atoms with Crippen molar-refractivity contribution in [1.82, 2.24) is 9.55 Å². The number of nitrogens with two attached hydrogens (primary N) is 1. The van der Waals surface area contributed by atoms with Crippen molar-refractivity contribution in [3.8, 4) is 0 Å². The summed E-state index contributed by atoms with van der Waals surface area (Å²) in [6.07, 6.45) is 6.39. The number of aryl methyl sites for hydroxylation is 1. The number of nitrogen functional groups attached to an aromatic ring is 1. The van der Waals surface area contributed by atoms with Crippen LogP contribution in [0.15, 0.2) is 36.9 Å². The van der Waals surface area contributed by atoms with E-state index < -0.39 is 5.97 Å². The van der Waals surface area contributed by atoms with E-state index in [9.17, 15) is 4.79 Å². The summed E-state index contributed by atoms with van der Waals surface area (Å²) in [4.78, 5) is 15.5. The summed E-state index contributed by atoms with van der Waals surface area (Å²) >= 11 is 0. The zero-order valence-corrected chi connectivity index (χ0v) is 11.4. The maximum atomic E-state index is 11.5. The number of hydrogen-bond donors (Lipinski definition) is 2. The van der Waals surface area contributed by atoms with E-state index in [1.807, 2.05) is 16.8 Å². The normalized spacial score (nSPS) is 10.2. The summed E-state index contributed by atoms with van der Waals surface area (Å²) < 4.78 is 6.70. The Bertz CT molecular complexity index is 567. The van der Waals surface area contributed by atoms with Crippen LogP contribution in [0.4, 0.5) is 11.4 Å². The first-order chi connectivity index (χ1) is 9.72. The molecular formula is C14H18N4O2. The fourth-order valence-corrected chi connectivity index (χ4v) is 1.91. The lowest BCUT2D eigenvalue weighted by Crippen LogP contribution is -2.11.